The Labute approximate surface area is 148 Å². The summed E-state index contributed by atoms with van der Waals surface area (Å²) in [5.74, 6) is -0.501. The quantitative estimate of drug-likeness (QED) is 0.660. The summed E-state index contributed by atoms with van der Waals surface area (Å²) < 4.78 is 5.02. The number of amides is 3. The summed E-state index contributed by atoms with van der Waals surface area (Å²) in [5, 5.41) is 7.73. The van der Waals surface area contributed by atoms with Gasteiger partial charge >= 0.3 is 6.09 Å². The van der Waals surface area contributed by atoms with Crippen molar-refractivity contribution in [1.29, 1.82) is 0 Å². The lowest BCUT2D eigenvalue weighted by atomic mass is 10.1. The summed E-state index contributed by atoms with van der Waals surface area (Å²) in [6, 6.07) is 9.87. The van der Waals surface area contributed by atoms with Gasteiger partial charge in [0, 0.05) is 19.5 Å². The number of rotatable bonds is 8. The molecule has 0 heterocycles. The number of ether oxygens (including phenoxy) is 1. The van der Waals surface area contributed by atoms with Crippen LogP contribution in [0.1, 0.15) is 32.8 Å². The van der Waals surface area contributed by atoms with Gasteiger partial charge in [0.25, 0.3) is 0 Å². The predicted octanol–water partition coefficient (Wildman–Crippen LogP) is 1.38. The van der Waals surface area contributed by atoms with E-state index in [1.54, 1.807) is 20.8 Å². The first-order chi connectivity index (χ1) is 11.8. The molecular weight excluding hydrogens is 322 g/mol. The zero-order chi connectivity index (χ0) is 18.7. The van der Waals surface area contributed by atoms with Gasteiger partial charge in [-0.1, -0.05) is 30.3 Å². The van der Waals surface area contributed by atoms with Crippen molar-refractivity contribution in [2.45, 2.75) is 39.2 Å². The third-order valence-electron chi connectivity index (χ3n) is 3.05. The van der Waals surface area contributed by atoms with Crippen molar-refractivity contribution in [1.82, 2.24) is 16.0 Å². The fourth-order valence-electron chi connectivity index (χ4n) is 1.92. The van der Waals surface area contributed by atoms with E-state index in [4.69, 9.17) is 4.74 Å². The van der Waals surface area contributed by atoms with Crippen LogP contribution in [0.15, 0.2) is 30.3 Å². The van der Waals surface area contributed by atoms with Gasteiger partial charge in [-0.2, -0.15) is 0 Å². The van der Waals surface area contributed by atoms with Crippen molar-refractivity contribution in [3.63, 3.8) is 0 Å². The maximum absolute atomic E-state index is 11.7. The lowest BCUT2D eigenvalue weighted by molar-refractivity contribution is -0.122. The number of alkyl carbamates (subject to hydrolysis) is 1. The molecule has 0 aliphatic carbocycles. The van der Waals surface area contributed by atoms with Crippen LogP contribution in [-0.2, 0) is 20.7 Å². The van der Waals surface area contributed by atoms with Crippen LogP contribution < -0.4 is 16.0 Å². The van der Waals surface area contributed by atoms with Crippen molar-refractivity contribution < 1.29 is 19.1 Å². The molecule has 0 spiro atoms. The Bertz CT molecular complexity index is 567. The van der Waals surface area contributed by atoms with Crippen molar-refractivity contribution in [3.8, 4) is 0 Å². The molecule has 0 bridgehead atoms. The molecule has 7 heteroatoms. The Balaban J connectivity index is 2.08. The first-order valence-corrected chi connectivity index (χ1v) is 8.30. The maximum Gasteiger partial charge on any atom is 0.408 e. The second-order valence-electron chi connectivity index (χ2n) is 6.54. The molecule has 0 aliphatic rings. The van der Waals surface area contributed by atoms with E-state index in [-0.39, 0.29) is 31.3 Å². The highest BCUT2D eigenvalue weighted by atomic mass is 16.6. The monoisotopic (exact) mass is 349 g/mol. The molecule has 1 rings (SSSR count). The van der Waals surface area contributed by atoms with Crippen molar-refractivity contribution in [2.75, 3.05) is 19.6 Å². The van der Waals surface area contributed by atoms with Gasteiger partial charge in [-0.15, -0.1) is 0 Å². The molecule has 0 aromatic heterocycles. The van der Waals surface area contributed by atoms with E-state index in [1.165, 1.54) is 0 Å². The Hall–Kier alpha value is -2.57. The summed E-state index contributed by atoms with van der Waals surface area (Å²) in [5.41, 5.74) is 0.544. The lowest BCUT2D eigenvalue weighted by Crippen LogP contribution is -2.40. The SMILES string of the molecule is CC(C)(C)OC(=O)NCC(=O)NCCC(=O)NCCc1ccccc1. The van der Waals surface area contributed by atoms with Gasteiger partial charge in [0.15, 0.2) is 0 Å². The van der Waals surface area contributed by atoms with Crippen molar-refractivity contribution in [2.24, 2.45) is 0 Å². The predicted molar refractivity (Wildman–Crippen MR) is 95.0 cm³/mol. The van der Waals surface area contributed by atoms with E-state index in [1.807, 2.05) is 30.3 Å². The lowest BCUT2D eigenvalue weighted by Gasteiger charge is -2.19. The first kappa shape index (κ1) is 20.5. The molecule has 0 atom stereocenters. The summed E-state index contributed by atoms with van der Waals surface area (Å²) in [4.78, 5) is 34.7. The summed E-state index contributed by atoms with van der Waals surface area (Å²) >= 11 is 0. The normalized spacial score (nSPS) is 10.7. The summed E-state index contributed by atoms with van der Waals surface area (Å²) in [6.45, 7) is 5.79. The highest BCUT2D eigenvalue weighted by Gasteiger charge is 2.16. The van der Waals surface area contributed by atoms with Crippen molar-refractivity contribution in [3.05, 3.63) is 35.9 Å². The smallest absolute Gasteiger partial charge is 0.408 e. The number of hydrogen-bond donors (Lipinski definition) is 3. The number of carbonyl (C=O) groups excluding carboxylic acids is 3. The topological polar surface area (TPSA) is 96.5 Å². The largest absolute Gasteiger partial charge is 0.444 e. The van der Waals surface area contributed by atoms with Crippen LogP contribution in [0.3, 0.4) is 0 Å². The van der Waals surface area contributed by atoms with Gasteiger partial charge in [-0.3, -0.25) is 9.59 Å². The molecule has 7 nitrogen and oxygen atoms in total. The fourth-order valence-corrected chi connectivity index (χ4v) is 1.92. The van der Waals surface area contributed by atoms with Crippen LogP contribution in [-0.4, -0.2) is 43.1 Å². The number of benzene rings is 1. The molecule has 0 fully saturated rings. The Kier molecular flexibility index (Phi) is 8.46. The number of nitrogens with one attached hydrogen (secondary N) is 3. The molecule has 3 N–H and O–H groups in total. The standard InChI is InChI=1S/C18H27N3O4/c1-18(2,3)25-17(24)21-13-16(23)20-12-10-15(22)19-11-9-14-7-5-4-6-8-14/h4-8H,9-13H2,1-3H3,(H,19,22)(H,20,23)(H,21,24). The molecule has 138 valence electrons. The van der Waals surface area contributed by atoms with Gasteiger partial charge in [0.1, 0.15) is 5.60 Å². The molecule has 25 heavy (non-hydrogen) atoms. The molecule has 1 aromatic rings. The van der Waals surface area contributed by atoms with Crippen LogP contribution in [0.25, 0.3) is 0 Å². The molecule has 1 aromatic carbocycles. The number of carbonyl (C=O) groups is 3. The Morgan fingerprint density at radius 2 is 1.56 bits per heavy atom. The van der Waals surface area contributed by atoms with Crippen LogP contribution in [0.4, 0.5) is 4.79 Å². The van der Waals surface area contributed by atoms with E-state index in [0.29, 0.717) is 6.54 Å². The van der Waals surface area contributed by atoms with E-state index in [0.717, 1.165) is 12.0 Å². The Morgan fingerprint density at radius 3 is 2.20 bits per heavy atom. The molecule has 0 saturated heterocycles. The van der Waals surface area contributed by atoms with Crippen molar-refractivity contribution >= 4 is 17.9 Å². The average molecular weight is 349 g/mol. The second kappa shape index (κ2) is 10.3. The summed E-state index contributed by atoms with van der Waals surface area (Å²) in [7, 11) is 0. The maximum atomic E-state index is 11.7. The second-order valence-corrected chi connectivity index (χ2v) is 6.54. The third kappa shape index (κ3) is 10.8. The highest BCUT2D eigenvalue weighted by Crippen LogP contribution is 2.06. The van der Waals surface area contributed by atoms with E-state index in [2.05, 4.69) is 16.0 Å². The zero-order valence-corrected chi connectivity index (χ0v) is 15.1. The van der Waals surface area contributed by atoms with E-state index in [9.17, 15) is 14.4 Å². The minimum atomic E-state index is -0.652. The first-order valence-electron chi connectivity index (χ1n) is 8.30. The minimum Gasteiger partial charge on any atom is -0.444 e. The van der Waals surface area contributed by atoms with Crippen LogP contribution in [0.2, 0.25) is 0 Å². The molecule has 0 saturated carbocycles. The van der Waals surface area contributed by atoms with Gasteiger partial charge in [0.05, 0.1) is 6.54 Å². The molecular formula is C18H27N3O4. The van der Waals surface area contributed by atoms with Gasteiger partial charge in [-0.05, 0) is 32.8 Å². The van der Waals surface area contributed by atoms with Crippen LogP contribution in [0.5, 0.6) is 0 Å². The number of hydrogen-bond acceptors (Lipinski definition) is 4. The highest BCUT2D eigenvalue weighted by molar-refractivity contribution is 5.83. The van der Waals surface area contributed by atoms with Crippen LogP contribution in [0, 0.1) is 0 Å². The molecule has 0 aliphatic heterocycles. The molecule has 0 radical (unpaired) electrons. The van der Waals surface area contributed by atoms with Gasteiger partial charge in [0.2, 0.25) is 11.8 Å². The Morgan fingerprint density at radius 1 is 0.920 bits per heavy atom. The average Bonchev–Trinajstić information content (AvgIpc) is 2.52. The summed E-state index contributed by atoms with van der Waals surface area (Å²) in [6.07, 6.45) is 0.299. The van der Waals surface area contributed by atoms with Gasteiger partial charge in [-0.25, -0.2) is 4.79 Å². The fraction of sp³-hybridized carbons (Fsp3) is 0.500. The van der Waals surface area contributed by atoms with E-state index < -0.39 is 11.7 Å². The van der Waals surface area contributed by atoms with Gasteiger partial charge < -0.3 is 20.7 Å². The van der Waals surface area contributed by atoms with E-state index >= 15 is 0 Å². The third-order valence-corrected chi connectivity index (χ3v) is 3.05. The molecule has 0 unspecified atom stereocenters. The molecule has 3 amide bonds. The van der Waals surface area contributed by atoms with Crippen LogP contribution >= 0.6 is 0 Å². The minimum absolute atomic E-state index is 0.128. The zero-order valence-electron chi connectivity index (χ0n) is 15.1.